The lowest BCUT2D eigenvalue weighted by Gasteiger charge is -2.24. The number of rotatable bonds is 5. The third-order valence-corrected chi connectivity index (χ3v) is 2.80. The number of nitrogens with zero attached hydrogens (tertiary/aromatic N) is 3. The van der Waals surface area contributed by atoms with Gasteiger partial charge in [0.2, 0.25) is 0 Å². The quantitative estimate of drug-likeness (QED) is 0.817. The van der Waals surface area contributed by atoms with Crippen LogP contribution in [0, 0.1) is 5.41 Å². The average Bonchev–Trinajstić information content (AvgIpc) is 2.57. The van der Waals surface area contributed by atoms with Crippen molar-refractivity contribution in [3.05, 3.63) is 12.0 Å². The lowest BCUT2D eigenvalue weighted by atomic mass is 9.91. The fourth-order valence-electron chi connectivity index (χ4n) is 1.76. The number of primary amides is 1. The summed E-state index contributed by atoms with van der Waals surface area (Å²) < 4.78 is 1.66. The van der Waals surface area contributed by atoms with Crippen molar-refractivity contribution in [3.8, 4) is 0 Å². The summed E-state index contributed by atoms with van der Waals surface area (Å²) in [6, 6.07) is 0. The van der Waals surface area contributed by atoms with Crippen LogP contribution in [0.5, 0.6) is 0 Å². The molecule has 0 aliphatic heterocycles. The lowest BCUT2D eigenvalue weighted by Crippen LogP contribution is -2.32. The largest absolute Gasteiger partial charge is 0.382 e. The predicted octanol–water partition coefficient (Wildman–Crippen LogP) is 0.958. The second-order valence-electron chi connectivity index (χ2n) is 5.73. The predicted molar refractivity (Wildman–Crippen MR) is 72.9 cm³/mol. The van der Waals surface area contributed by atoms with E-state index in [1.54, 1.807) is 4.68 Å². The number of carbonyl (C=O) groups is 1. The molecule has 1 aromatic heterocycles. The highest BCUT2D eigenvalue weighted by molar-refractivity contribution is 5.95. The van der Waals surface area contributed by atoms with Gasteiger partial charge in [0.05, 0.1) is 0 Å². The molecular formula is C12H23N5O. The van der Waals surface area contributed by atoms with Gasteiger partial charge in [0.15, 0.2) is 11.5 Å². The van der Waals surface area contributed by atoms with E-state index in [2.05, 4.69) is 25.8 Å². The van der Waals surface area contributed by atoms with E-state index < -0.39 is 5.91 Å². The molecule has 0 aliphatic carbocycles. The van der Waals surface area contributed by atoms with Crippen LogP contribution in [-0.4, -0.2) is 29.2 Å². The van der Waals surface area contributed by atoms with Crippen LogP contribution in [0.1, 0.15) is 44.1 Å². The molecule has 1 aromatic rings. The number of amides is 1. The van der Waals surface area contributed by atoms with Gasteiger partial charge < -0.3 is 16.5 Å². The van der Waals surface area contributed by atoms with Gasteiger partial charge in [0.1, 0.15) is 6.33 Å². The monoisotopic (exact) mass is 253 g/mol. The van der Waals surface area contributed by atoms with Crippen LogP contribution in [0.15, 0.2) is 6.33 Å². The Morgan fingerprint density at radius 2 is 2.11 bits per heavy atom. The highest BCUT2D eigenvalue weighted by Gasteiger charge is 2.15. The number of hydrogen-bond acceptors (Lipinski definition) is 4. The van der Waals surface area contributed by atoms with E-state index in [0.29, 0.717) is 11.2 Å². The molecule has 4 N–H and O–H groups in total. The molecule has 0 spiro atoms. The first-order valence-electron chi connectivity index (χ1n) is 6.06. The number of nitrogen functional groups attached to an aromatic ring is 1. The van der Waals surface area contributed by atoms with Crippen LogP contribution in [0.3, 0.4) is 0 Å². The number of hydrogen-bond donors (Lipinski definition) is 2. The maximum atomic E-state index is 11.1. The molecule has 1 rings (SSSR count). The first-order chi connectivity index (χ1) is 8.22. The summed E-state index contributed by atoms with van der Waals surface area (Å²) in [5.74, 6) is -0.310. The SMILES string of the molecule is CN(CCCC(C)(C)C)n1cnc(C(N)=O)c1N. The molecule has 0 aromatic carbocycles. The van der Waals surface area contributed by atoms with E-state index in [9.17, 15) is 4.79 Å². The Morgan fingerprint density at radius 1 is 1.50 bits per heavy atom. The molecule has 1 heterocycles. The Morgan fingerprint density at radius 3 is 2.56 bits per heavy atom. The minimum atomic E-state index is -0.602. The van der Waals surface area contributed by atoms with Gasteiger partial charge in [-0.15, -0.1) is 0 Å². The number of nitrogens with two attached hydrogens (primary N) is 2. The summed E-state index contributed by atoms with van der Waals surface area (Å²) in [5, 5.41) is 1.93. The van der Waals surface area contributed by atoms with Crippen LogP contribution in [0.2, 0.25) is 0 Å². The summed E-state index contributed by atoms with van der Waals surface area (Å²) in [5.41, 5.74) is 11.4. The highest BCUT2D eigenvalue weighted by Crippen LogP contribution is 2.20. The van der Waals surface area contributed by atoms with E-state index >= 15 is 0 Å². The second kappa shape index (κ2) is 5.29. The first-order valence-corrected chi connectivity index (χ1v) is 6.06. The van der Waals surface area contributed by atoms with E-state index in [1.165, 1.54) is 6.33 Å². The molecule has 6 nitrogen and oxygen atoms in total. The number of aromatic nitrogens is 2. The van der Waals surface area contributed by atoms with Gasteiger partial charge in [-0.2, -0.15) is 0 Å². The molecule has 0 radical (unpaired) electrons. The summed E-state index contributed by atoms with van der Waals surface area (Å²) in [6.45, 7) is 7.48. The Labute approximate surface area is 108 Å². The van der Waals surface area contributed by atoms with E-state index in [4.69, 9.17) is 11.5 Å². The topological polar surface area (TPSA) is 90.2 Å². The van der Waals surface area contributed by atoms with Crippen LogP contribution >= 0.6 is 0 Å². The Bertz CT molecular complexity index is 419. The highest BCUT2D eigenvalue weighted by atomic mass is 16.1. The number of carbonyl (C=O) groups excluding carboxylic acids is 1. The van der Waals surface area contributed by atoms with Crippen molar-refractivity contribution in [2.45, 2.75) is 33.6 Å². The summed E-state index contributed by atoms with van der Waals surface area (Å²) in [7, 11) is 1.91. The van der Waals surface area contributed by atoms with E-state index in [-0.39, 0.29) is 5.69 Å². The molecule has 0 saturated heterocycles. The summed E-state index contributed by atoms with van der Waals surface area (Å²) >= 11 is 0. The zero-order chi connectivity index (χ0) is 13.9. The molecule has 0 saturated carbocycles. The Hall–Kier alpha value is -1.72. The third-order valence-electron chi connectivity index (χ3n) is 2.80. The summed E-state index contributed by atoms with van der Waals surface area (Å²) in [4.78, 5) is 15.0. The Balaban J connectivity index is 2.62. The molecule has 0 unspecified atom stereocenters. The minimum Gasteiger partial charge on any atom is -0.382 e. The smallest absolute Gasteiger partial charge is 0.271 e. The van der Waals surface area contributed by atoms with Crippen LogP contribution in [-0.2, 0) is 0 Å². The molecule has 0 fully saturated rings. The zero-order valence-electron chi connectivity index (χ0n) is 11.6. The van der Waals surface area contributed by atoms with Crippen molar-refractivity contribution >= 4 is 11.7 Å². The molecule has 18 heavy (non-hydrogen) atoms. The van der Waals surface area contributed by atoms with Crippen molar-refractivity contribution in [2.24, 2.45) is 11.1 Å². The van der Waals surface area contributed by atoms with Crippen molar-refractivity contribution < 1.29 is 4.79 Å². The van der Waals surface area contributed by atoms with Gasteiger partial charge in [-0.1, -0.05) is 20.8 Å². The van der Waals surface area contributed by atoms with Crippen LogP contribution < -0.4 is 16.5 Å². The van der Waals surface area contributed by atoms with Gasteiger partial charge in [0.25, 0.3) is 5.91 Å². The van der Waals surface area contributed by atoms with Gasteiger partial charge in [-0.25, -0.2) is 9.66 Å². The van der Waals surface area contributed by atoms with Crippen molar-refractivity contribution in [2.75, 3.05) is 24.3 Å². The molecular weight excluding hydrogens is 230 g/mol. The van der Waals surface area contributed by atoms with E-state index in [0.717, 1.165) is 19.4 Å². The summed E-state index contributed by atoms with van der Waals surface area (Å²) in [6.07, 6.45) is 3.69. The fourth-order valence-corrected chi connectivity index (χ4v) is 1.76. The maximum Gasteiger partial charge on any atom is 0.271 e. The molecule has 0 bridgehead atoms. The van der Waals surface area contributed by atoms with E-state index in [1.807, 2.05) is 12.1 Å². The second-order valence-corrected chi connectivity index (χ2v) is 5.73. The third kappa shape index (κ3) is 3.65. The average molecular weight is 253 g/mol. The molecule has 0 atom stereocenters. The van der Waals surface area contributed by atoms with Crippen molar-refractivity contribution in [1.29, 1.82) is 0 Å². The standard InChI is InChI=1S/C12H23N5O/c1-12(2,3)6-5-7-16(4)17-8-15-9(10(17)13)11(14)18/h8H,5-7,13H2,1-4H3,(H2,14,18). The lowest BCUT2D eigenvalue weighted by molar-refractivity contribution is 0.0997. The number of anilines is 1. The zero-order valence-corrected chi connectivity index (χ0v) is 11.6. The van der Waals surface area contributed by atoms with Crippen LogP contribution in [0.4, 0.5) is 5.82 Å². The first kappa shape index (κ1) is 14.3. The normalized spacial score (nSPS) is 11.6. The maximum absolute atomic E-state index is 11.1. The van der Waals surface area contributed by atoms with Gasteiger partial charge in [0, 0.05) is 13.6 Å². The van der Waals surface area contributed by atoms with Gasteiger partial charge >= 0.3 is 0 Å². The number of imidazole rings is 1. The Kier molecular flexibility index (Phi) is 4.21. The fraction of sp³-hybridized carbons (Fsp3) is 0.667. The molecule has 1 amide bonds. The molecule has 102 valence electrons. The molecule has 0 aliphatic rings. The van der Waals surface area contributed by atoms with Gasteiger partial charge in [-0.3, -0.25) is 4.79 Å². The minimum absolute atomic E-state index is 0.123. The van der Waals surface area contributed by atoms with Crippen LogP contribution in [0.25, 0.3) is 0 Å². The van der Waals surface area contributed by atoms with Gasteiger partial charge in [-0.05, 0) is 18.3 Å². The molecule has 6 heteroatoms. The van der Waals surface area contributed by atoms with Crippen molar-refractivity contribution in [1.82, 2.24) is 9.66 Å². The van der Waals surface area contributed by atoms with Crippen molar-refractivity contribution in [3.63, 3.8) is 0 Å².